The Labute approximate surface area is 320 Å². The van der Waals surface area contributed by atoms with Gasteiger partial charge < -0.3 is 18.8 Å². The lowest BCUT2D eigenvalue weighted by Crippen LogP contribution is -2.54. The maximum absolute atomic E-state index is 13.3. The van der Waals surface area contributed by atoms with Crippen LogP contribution in [-0.2, 0) is 23.2 Å². The van der Waals surface area contributed by atoms with Crippen molar-refractivity contribution in [3.8, 4) is 28.4 Å². The fourth-order valence-corrected chi connectivity index (χ4v) is 7.85. The van der Waals surface area contributed by atoms with Crippen molar-refractivity contribution in [3.63, 3.8) is 0 Å². The highest BCUT2D eigenvalue weighted by Gasteiger charge is 2.44. The van der Waals surface area contributed by atoms with Crippen molar-refractivity contribution >= 4 is 34.4 Å². The second kappa shape index (κ2) is 14.7. The molecule has 6 heterocycles. The molecule has 0 spiro atoms. The van der Waals surface area contributed by atoms with Crippen molar-refractivity contribution in [2.24, 2.45) is 7.05 Å². The van der Waals surface area contributed by atoms with Crippen LogP contribution in [0.2, 0.25) is 0 Å². The van der Waals surface area contributed by atoms with E-state index in [1.165, 1.54) is 12.1 Å². The number of pyridine rings is 2. The summed E-state index contributed by atoms with van der Waals surface area (Å²) in [4.78, 5) is 70.6. The lowest BCUT2D eigenvalue weighted by Gasteiger charge is -2.32. The number of fused-ring (bicyclic) bond motifs is 2. The van der Waals surface area contributed by atoms with Gasteiger partial charge in [-0.2, -0.15) is 0 Å². The molecule has 0 radical (unpaired) electrons. The van der Waals surface area contributed by atoms with E-state index in [4.69, 9.17) is 14.2 Å². The van der Waals surface area contributed by atoms with Gasteiger partial charge in [0.25, 0.3) is 17.4 Å². The second-order valence-electron chi connectivity index (χ2n) is 14.3. The number of nitrogens with one attached hydrogen (secondary N) is 1. The Morgan fingerprint density at radius 2 is 1.61 bits per heavy atom. The number of piperidine rings is 2. The number of benzene rings is 2. The highest BCUT2D eigenvalue weighted by atomic mass is 16.5. The SMILES string of the molecule is COc1cc(-c2cn(C)c(=O)c3cnccc23)cc(OC)c1CN1CCC(n2cc([C@H](C)Oc3ccc4c(c3)C(=O)N(C3CCC(=O)NC3=O)C4=O)nn2)CC1. The summed E-state index contributed by atoms with van der Waals surface area (Å²) >= 11 is 0. The standard InChI is InChI=1S/C40H40N8O8/c1-22(56-25-5-6-27-28(17-25)40(53)48(39(27)52)33-7-8-36(49)42-37(33)50)32-21-47(44-43-32)24-10-13-46(14-11-24)20-31-34(54-3)15-23(16-35(31)55-4)30-19-45(2)38(51)29-18-41-12-9-26(29)30/h5-6,9,12,15-19,21-22,24,33H,7-8,10-11,13-14,20H2,1-4H3,(H,42,49,50)/t22-,33?/m0/s1. The van der Waals surface area contributed by atoms with Crippen molar-refractivity contribution in [1.82, 2.24) is 39.7 Å². The molecule has 4 amide bonds. The third-order valence-electron chi connectivity index (χ3n) is 10.9. The van der Waals surface area contributed by atoms with E-state index in [0.29, 0.717) is 34.9 Å². The van der Waals surface area contributed by atoms with Crippen molar-refractivity contribution in [2.75, 3.05) is 27.3 Å². The average molecular weight is 761 g/mol. The molecule has 8 rings (SSSR count). The highest BCUT2D eigenvalue weighted by Crippen LogP contribution is 2.39. The van der Waals surface area contributed by atoms with Crippen LogP contribution in [0.5, 0.6) is 17.2 Å². The zero-order valence-electron chi connectivity index (χ0n) is 31.4. The minimum Gasteiger partial charge on any atom is -0.496 e. The minimum atomic E-state index is -1.04. The molecule has 288 valence electrons. The Kier molecular flexibility index (Phi) is 9.58. The van der Waals surface area contributed by atoms with Crippen LogP contribution < -0.4 is 25.1 Å². The van der Waals surface area contributed by atoms with Gasteiger partial charge in [0, 0.05) is 57.3 Å². The molecule has 3 aromatic heterocycles. The fraction of sp³-hybridized carbons (Fsp3) is 0.350. The zero-order valence-corrected chi connectivity index (χ0v) is 31.4. The second-order valence-corrected chi connectivity index (χ2v) is 14.3. The average Bonchev–Trinajstić information content (AvgIpc) is 3.79. The van der Waals surface area contributed by atoms with Crippen molar-refractivity contribution in [1.29, 1.82) is 0 Å². The Morgan fingerprint density at radius 3 is 2.32 bits per heavy atom. The van der Waals surface area contributed by atoms with Crippen LogP contribution in [0.4, 0.5) is 0 Å². The molecule has 3 aliphatic rings. The summed E-state index contributed by atoms with van der Waals surface area (Å²) in [6.45, 7) is 4.05. The summed E-state index contributed by atoms with van der Waals surface area (Å²) in [5, 5.41) is 12.4. The topological polar surface area (TPSA) is 180 Å². The van der Waals surface area contributed by atoms with E-state index in [1.54, 1.807) is 44.3 Å². The molecule has 16 heteroatoms. The first-order valence-electron chi connectivity index (χ1n) is 18.4. The number of amides is 4. The molecule has 0 saturated carbocycles. The van der Waals surface area contributed by atoms with Crippen LogP contribution in [0.3, 0.4) is 0 Å². The summed E-state index contributed by atoms with van der Waals surface area (Å²) in [5.74, 6) is -0.511. The van der Waals surface area contributed by atoms with Gasteiger partial charge in [-0.05, 0) is 73.5 Å². The van der Waals surface area contributed by atoms with E-state index in [0.717, 1.165) is 52.9 Å². The molecule has 0 aliphatic carbocycles. The van der Waals surface area contributed by atoms with Crippen LogP contribution in [0, 0.1) is 0 Å². The van der Waals surface area contributed by atoms with Gasteiger partial charge in [-0.3, -0.25) is 44.1 Å². The van der Waals surface area contributed by atoms with Gasteiger partial charge in [-0.15, -0.1) is 5.10 Å². The normalized spacial score (nSPS) is 18.3. The number of nitrogens with zero attached hydrogens (tertiary/aromatic N) is 7. The van der Waals surface area contributed by atoms with Crippen molar-refractivity contribution in [2.45, 2.75) is 57.3 Å². The van der Waals surface area contributed by atoms with E-state index >= 15 is 0 Å². The monoisotopic (exact) mass is 760 g/mol. The summed E-state index contributed by atoms with van der Waals surface area (Å²) < 4.78 is 21.4. The Morgan fingerprint density at radius 1 is 0.875 bits per heavy atom. The Balaban J connectivity index is 0.913. The lowest BCUT2D eigenvalue weighted by atomic mass is 9.98. The maximum Gasteiger partial charge on any atom is 0.262 e. The van der Waals surface area contributed by atoms with Gasteiger partial charge in [0.05, 0.1) is 48.5 Å². The summed E-state index contributed by atoms with van der Waals surface area (Å²) in [5.41, 5.74) is 3.49. The van der Waals surface area contributed by atoms with Gasteiger partial charge in [0.2, 0.25) is 11.8 Å². The van der Waals surface area contributed by atoms with Gasteiger partial charge in [-0.25, -0.2) is 4.68 Å². The molecule has 5 aromatic rings. The minimum absolute atomic E-state index is 0.0484. The summed E-state index contributed by atoms with van der Waals surface area (Å²) in [7, 11) is 5.02. The summed E-state index contributed by atoms with van der Waals surface area (Å²) in [6.07, 6.45) is 8.26. The molecular formula is C40H40N8O8. The third-order valence-corrected chi connectivity index (χ3v) is 10.9. The largest absolute Gasteiger partial charge is 0.496 e. The number of rotatable bonds is 10. The van der Waals surface area contributed by atoms with E-state index in [-0.39, 0.29) is 35.6 Å². The van der Waals surface area contributed by atoms with Gasteiger partial charge in [0.1, 0.15) is 35.1 Å². The van der Waals surface area contributed by atoms with Crippen molar-refractivity contribution in [3.05, 3.63) is 93.9 Å². The number of carbonyl (C=O) groups is 4. The number of ether oxygens (including phenoxy) is 3. The number of aromatic nitrogens is 5. The Hall–Kier alpha value is -6.42. The van der Waals surface area contributed by atoms with Gasteiger partial charge >= 0.3 is 0 Å². The van der Waals surface area contributed by atoms with Crippen LogP contribution in [0.25, 0.3) is 21.9 Å². The molecule has 1 unspecified atom stereocenters. The molecule has 16 nitrogen and oxygen atoms in total. The van der Waals surface area contributed by atoms with E-state index in [9.17, 15) is 24.0 Å². The maximum atomic E-state index is 13.3. The number of hydrogen-bond donors (Lipinski definition) is 1. The fourth-order valence-electron chi connectivity index (χ4n) is 7.85. The highest BCUT2D eigenvalue weighted by molar-refractivity contribution is 6.23. The number of imide groups is 2. The number of aryl methyl sites for hydroxylation is 1. The van der Waals surface area contributed by atoms with Crippen molar-refractivity contribution < 1.29 is 33.4 Å². The van der Waals surface area contributed by atoms with E-state index in [2.05, 4.69) is 25.5 Å². The predicted molar refractivity (Wildman–Crippen MR) is 201 cm³/mol. The third kappa shape index (κ3) is 6.55. The first-order valence-corrected chi connectivity index (χ1v) is 18.4. The first-order chi connectivity index (χ1) is 27.0. The smallest absolute Gasteiger partial charge is 0.262 e. The molecular weight excluding hydrogens is 720 g/mol. The molecule has 2 fully saturated rings. The Bertz CT molecular complexity index is 2440. The molecule has 56 heavy (non-hydrogen) atoms. The van der Waals surface area contributed by atoms with Crippen LogP contribution in [-0.4, -0.2) is 91.3 Å². The molecule has 2 atom stereocenters. The van der Waals surface area contributed by atoms with Crippen LogP contribution in [0.1, 0.15) is 76.7 Å². The summed E-state index contributed by atoms with van der Waals surface area (Å²) in [6, 6.07) is 9.53. The number of carbonyl (C=O) groups excluding carboxylic acids is 4. The van der Waals surface area contributed by atoms with E-state index in [1.807, 2.05) is 42.2 Å². The van der Waals surface area contributed by atoms with Gasteiger partial charge in [0.15, 0.2) is 0 Å². The molecule has 3 aliphatic heterocycles. The van der Waals surface area contributed by atoms with E-state index < -0.39 is 35.8 Å². The number of hydrogen-bond acceptors (Lipinski definition) is 12. The molecule has 2 aromatic carbocycles. The molecule has 0 bridgehead atoms. The van der Waals surface area contributed by atoms with Crippen LogP contribution >= 0.6 is 0 Å². The zero-order chi connectivity index (χ0) is 39.2. The molecule has 2 saturated heterocycles. The molecule has 1 N–H and O–H groups in total. The predicted octanol–water partition coefficient (Wildman–Crippen LogP) is 3.59. The quantitative estimate of drug-likeness (QED) is 0.205. The number of likely N-dealkylation sites (tertiary alicyclic amines) is 1. The lowest BCUT2D eigenvalue weighted by molar-refractivity contribution is -0.136. The van der Waals surface area contributed by atoms with Gasteiger partial charge in [-0.1, -0.05) is 5.21 Å². The van der Waals surface area contributed by atoms with Crippen LogP contribution in [0.15, 0.2) is 66.0 Å². The number of methoxy groups -OCH3 is 2. The first kappa shape index (κ1) is 36.6.